The van der Waals surface area contributed by atoms with Crippen molar-refractivity contribution in [2.75, 3.05) is 12.3 Å². The molecule has 0 saturated carbocycles. The molecule has 2 aromatic rings. The van der Waals surface area contributed by atoms with Gasteiger partial charge in [0.15, 0.2) is 12.0 Å². The maximum atomic E-state index is 9.99. The van der Waals surface area contributed by atoms with E-state index in [2.05, 4.69) is 10.2 Å². The number of fused-ring (bicyclic) bond motifs is 1. The minimum atomic E-state index is -1.14. The summed E-state index contributed by atoms with van der Waals surface area (Å²) in [6.45, 7) is -0.365. The number of hydrogen-bond donors (Lipinski definition) is 4. The number of aliphatic hydroxyl groups is 3. The van der Waals surface area contributed by atoms with Gasteiger partial charge in [-0.2, -0.15) is 5.10 Å². The van der Waals surface area contributed by atoms with Crippen LogP contribution in [0.5, 0.6) is 0 Å². The molecule has 0 amide bonds. The molecule has 1 fully saturated rings. The lowest BCUT2D eigenvalue weighted by Crippen LogP contribution is -2.33. The molecule has 0 aromatic carbocycles. The van der Waals surface area contributed by atoms with Gasteiger partial charge in [0.2, 0.25) is 0 Å². The van der Waals surface area contributed by atoms with Gasteiger partial charge >= 0.3 is 0 Å². The molecule has 0 spiro atoms. The van der Waals surface area contributed by atoms with E-state index in [1.165, 1.54) is 6.20 Å². The highest BCUT2D eigenvalue weighted by Gasteiger charge is 2.43. The number of rotatable bonds is 2. The van der Waals surface area contributed by atoms with E-state index >= 15 is 0 Å². The van der Waals surface area contributed by atoms with Crippen molar-refractivity contribution in [1.82, 2.24) is 14.8 Å². The van der Waals surface area contributed by atoms with Crippen molar-refractivity contribution in [2.45, 2.75) is 24.5 Å². The minimum absolute atomic E-state index is 0.281. The summed E-state index contributed by atoms with van der Waals surface area (Å²) in [5.74, 6) is 0.281. The van der Waals surface area contributed by atoms with Crippen LogP contribution in [0.4, 0.5) is 5.82 Å². The van der Waals surface area contributed by atoms with Crippen LogP contribution >= 0.6 is 0 Å². The molecule has 19 heavy (non-hydrogen) atoms. The van der Waals surface area contributed by atoms with Gasteiger partial charge in [0, 0.05) is 11.6 Å². The highest BCUT2D eigenvalue weighted by molar-refractivity contribution is 5.88. The Kier molecular flexibility index (Phi) is 2.86. The van der Waals surface area contributed by atoms with Crippen LogP contribution < -0.4 is 5.73 Å². The number of nitrogens with two attached hydrogens (primary N) is 1. The average Bonchev–Trinajstić information content (AvgIpc) is 2.94. The Hall–Kier alpha value is -1.74. The number of nitrogen functional groups attached to an aromatic ring is 1. The predicted molar refractivity (Wildman–Crippen MR) is 64.9 cm³/mol. The van der Waals surface area contributed by atoms with Gasteiger partial charge in [-0.3, -0.25) is 0 Å². The summed E-state index contributed by atoms with van der Waals surface area (Å²) in [4.78, 5) is 0. The Morgan fingerprint density at radius 3 is 2.84 bits per heavy atom. The molecule has 2 aromatic heterocycles. The standard InChI is InChI=1S/C11H14N4O4/c12-10-5-1-2-15(6(5)3-13-14-10)11-9(18)8(17)7(4-16)19-11/h1-3,7-9,11,16-18H,4H2,(H2,12,14). The first-order valence-corrected chi connectivity index (χ1v) is 5.83. The van der Waals surface area contributed by atoms with E-state index in [4.69, 9.17) is 15.6 Å². The van der Waals surface area contributed by atoms with Gasteiger partial charge in [0.05, 0.1) is 18.3 Å². The number of nitrogens with zero attached hydrogens (tertiary/aromatic N) is 3. The lowest BCUT2D eigenvalue weighted by molar-refractivity contribution is -0.0506. The van der Waals surface area contributed by atoms with Crippen molar-refractivity contribution in [3.63, 3.8) is 0 Å². The Labute approximate surface area is 108 Å². The van der Waals surface area contributed by atoms with E-state index in [-0.39, 0.29) is 12.4 Å². The summed E-state index contributed by atoms with van der Waals surface area (Å²) < 4.78 is 7.07. The molecule has 3 rings (SSSR count). The van der Waals surface area contributed by atoms with Gasteiger partial charge in [-0.1, -0.05) is 0 Å². The number of hydrogen-bond acceptors (Lipinski definition) is 7. The monoisotopic (exact) mass is 266 g/mol. The van der Waals surface area contributed by atoms with Crippen LogP contribution in [0.2, 0.25) is 0 Å². The van der Waals surface area contributed by atoms with Crippen molar-refractivity contribution in [2.24, 2.45) is 0 Å². The van der Waals surface area contributed by atoms with Gasteiger partial charge in [-0.15, -0.1) is 5.10 Å². The second-order valence-electron chi connectivity index (χ2n) is 4.48. The van der Waals surface area contributed by atoms with Gasteiger partial charge < -0.3 is 30.4 Å². The second kappa shape index (κ2) is 4.42. The summed E-state index contributed by atoms with van der Waals surface area (Å²) in [5.41, 5.74) is 6.35. The molecule has 8 heteroatoms. The third kappa shape index (κ3) is 1.77. The van der Waals surface area contributed by atoms with Crippen LogP contribution in [-0.2, 0) is 4.74 Å². The normalized spacial score (nSPS) is 31.1. The predicted octanol–water partition coefficient (Wildman–Crippen LogP) is -1.38. The zero-order valence-electron chi connectivity index (χ0n) is 9.92. The lowest BCUT2D eigenvalue weighted by Gasteiger charge is -2.17. The van der Waals surface area contributed by atoms with Crippen molar-refractivity contribution in [1.29, 1.82) is 0 Å². The largest absolute Gasteiger partial charge is 0.394 e. The summed E-state index contributed by atoms with van der Waals surface area (Å²) in [6, 6.07) is 1.73. The number of aliphatic hydroxyl groups excluding tert-OH is 3. The Bertz CT molecular complexity index is 601. The van der Waals surface area contributed by atoms with E-state index < -0.39 is 24.5 Å². The zero-order valence-corrected chi connectivity index (χ0v) is 9.92. The highest BCUT2D eigenvalue weighted by Crippen LogP contribution is 2.32. The topological polar surface area (TPSA) is 127 Å². The lowest BCUT2D eigenvalue weighted by atomic mass is 10.1. The molecule has 0 aliphatic carbocycles. The first-order chi connectivity index (χ1) is 9.13. The maximum Gasteiger partial charge on any atom is 0.163 e. The molecule has 1 saturated heterocycles. The fraction of sp³-hybridized carbons (Fsp3) is 0.455. The van der Waals surface area contributed by atoms with E-state index in [9.17, 15) is 10.2 Å². The average molecular weight is 266 g/mol. The van der Waals surface area contributed by atoms with Crippen LogP contribution in [0.15, 0.2) is 18.5 Å². The number of ether oxygens (including phenoxy) is 1. The first-order valence-electron chi connectivity index (χ1n) is 5.83. The third-order valence-corrected chi connectivity index (χ3v) is 3.37. The minimum Gasteiger partial charge on any atom is -0.394 e. The van der Waals surface area contributed by atoms with Gasteiger partial charge in [-0.05, 0) is 6.07 Å². The Balaban J connectivity index is 2.04. The van der Waals surface area contributed by atoms with E-state index in [1.807, 2.05) is 0 Å². The van der Waals surface area contributed by atoms with Gasteiger partial charge in [0.25, 0.3) is 0 Å². The van der Waals surface area contributed by atoms with Crippen LogP contribution in [0, 0.1) is 0 Å². The Morgan fingerprint density at radius 2 is 2.16 bits per heavy atom. The fourth-order valence-corrected chi connectivity index (χ4v) is 2.34. The van der Waals surface area contributed by atoms with Crippen LogP contribution in [-0.4, -0.2) is 55.0 Å². The second-order valence-corrected chi connectivity index (χ2v) is 4.48. The van der Waals surface area contributed by atoms with Crippen molar-refractivity contribution in [3.8, 4) is 0 Å². The molecule has 0 bridgehead atoms. The highest BCUT2D eigenvalue weighted by atomic mass is 16.6. The SMILES string of the molecule is Nc1nncc2c1ccn2C1OC(CO)C(O)C1O. The van der Waals surface area contributed by atoms with Crippen LogP contribution in [0.3, 0.4) is 0 Å². The van der Waals surface area contributed by atoms with Crippen molar-refractivity contribution in [3.05, 3.63) is 18.5 Å². The van der Waals surface area contributed by atoms with Crippen molar-refractivity contribution < 1.29 is 20.1 Å². The summed E-state index contributed by atoms with van der Waals surface area (Å²) in [5, 5.41) is 37.0. The molecular formula is C11H14N4O4. The molecule has 5 N–H and O–H groups in total. The molecule has 0 radical (unpaired) electrons. The summed E-state index contributed by atoms with van der Waals surface area (Å²) in [7, 11) is 0. The van der Waals surface area contributed by atoms with Gasteiger partial charge in [-0.25, -0.2) is 0 Å². The summed E-state index contributed by atoms with van der Waals surface area (Å²) in [6.07, 6.45) is -0.717. The molecule has 8 nitrogen and oxygen atoms in total. The van der Waals surface area contributed by atoms with E-state index in [0.717, 1.165) is 0 Å². The smallest absolute Gasteiger partial charge is 0.163 e. The van der Waals surface area contributed by atoms with E-state index in [0.29, 0.717) is 10.9 Å². The van der Waals surface area contributed by atoms with Crippen molar-refractivity contribution >= 4 is 16.7 Å². The van der Waals surface area contributed by atoms with Gasteiger partial charge in [0.1, 0.15) is 18.3 Å². The molecule has 4 unspecified atom stereocenters. The van der Waals surface area contributed by atoms with Crippen LogP contribution in [0.1, 0.15) is 6.23 Å². The molecule has 3 heterocycles. The number of anilines is 1. The van der Waals surface area contributed by atoms with Crippen LogP contribution in [0.25, 0.3) is 10.9 Å². The zero-order chi connectivity index (χ0) is 13.6. The molecule has 102 valence electrons. The fourth-order valence-electron chi connectivity index (χ4n) is 2.34. The molecular weight excluding hydrogens is 252 g/mol. The Morgan fingerprint density at radius 1 is 1.37 bits per heavy atom. The number of aromatic nitrogens is 3. The maximum absolute atomic E-state index is 9.99. The quantitative estimate of drug-likeness (QED) is 0.528. The third-order valence-electron chi connectivity index (χ3n) is 3.37. The van der Waals surface area contributed by atoms with E-state index in [1.54, 1.807) is 16.8 Å². The first kappa shape index (κ1) is 12.3. The molecule has 4 atom stereocenters. The molecule has 1 aliphatic rings. The summed E-state index contributed by atoms with van der Waals surface area (Å²) >= 11 is 0. The molecule has 1 aliphatic heterocycles.